The van der Waals surface area contributed by atoms with Crippen molar-refractivity contribution in [2.75, 3.05) is 0 Å². The molecule has 1 aromatic carbocycles. The van der Waals surface area contributed by atoms with Gasteiger partial charge in [-0.1, -0.05) is 29.8 Å². The molecule has 0 unspecified atom stereocenters. The van der Waals surface area contributed by atoms with E-state index in [1.165, 1.54) is 16.7 Å². The highest BCUT2D eigenvalue weighted by atomic mass is 79.9. The molecule has 0 saturated carbocycles. The van der Waals surface area contributed by atoms with Crippen LogP contribution in [0.3, 0.4) is 0 Å². The third-order valence-electron chi connectivity index (χ3n) is 2.50. The quantitative estimate of drug-likeness (QED) is 0.933. The molecule has 2 nitrogen and oxygen atoms in total. The van der Waals surface area contributed by atoms with Crippen LogP contribution in [0.1, 0.15) is 16.7 Å². The van der Waals surface area contributed by atoms with Crippen LogP contribution in [-0.2, 0) is 13.1 Å². The van der Waals surface area contributed by atoms with E-state index in [2.05, 4.69) is 63.5 Å². The SMILES string of the molecule is Cc1cccc(CNCc2cncc(Br)c2)c1. The van der Waals surface area contributed by atoms with Crippen LogP contribution in [-0.4, -0.2) is 4.98 Å². The Kier molecular flexibility index (Phi) is 4.29. The molecule has 88 valence electrons. The number of pyridine rings is 1. The number of hydrogen-bond donors (Lipinski definition) is 1. The largest absolute Gasteiger partial charge is 0.309 e. The highest BCUT2D eigenvalue weighted by molar-refractivity contribution is 9.10. The molecule has 0 atom stereocenters. The summed E-state index contributed by atoms with van der Waals surface area (Å²) in [7, 11) is 0. The number of rotatable bonds is 4. The lowest BCUT2D eigenvalue weighted by atomic mass is 10.1. The highest BCUT2D eigenvalue weighted by Crippen LogP contribution is 2.09. The van der Waals surface area contributed by atoms with Gasteiger partial charge in [0.15, 0.2) is 0 Å². The van der Waals surface area contributed by atoms with Crippen LogP contribution in [0, 0.1) is 6.92 Å². The van der Waals surface area contributed by atoms with Crippen LogP contribution in [0.2, 0.25) is 0 Å². The molecule has 2 rings (SSSR count). The summed E-state index contributed by atoms with van der Waals surface area (Å²) in [5.74, 6) is 0. The van der Waals surface area contributed by atoms with E-state index in [1.807, 2.05) is 6.20 Å². The molecule has 0 aliphatic rings. The number of aryl methyl sites for hydroxylation is 1. The van der Waals surface area contributed by atoms with E-state index in [9.17, 15) is 0 Å². The molecule has 0 bridgehead atoms. The molecule has 0 saturated heterocycles. The summed E-state index contributed by atoms with van der Waals surface area (Å²) < 4.78 is 1.02. The molecule has 0 fully saturated rings. The maximum atomic E-state index is 4.14. The topological polar surface area (TPSA) is 24.9 Å². The lowest BCUT2D eigenvalue weighted by Gasteiger charge is -2.06. The van der Waals surface area contributed by atoms with E-state index in [0.717, 1.165) is 17.6 Å². The summed E-state index contributed by atoms with van der Waals surface area (Å²) in [6.07, 6.45) is 3.68. The summed E-state index contributed by atoms with van der Waals surface area (Å²) in [6.45, 7) is 3.83. The molecule has 2 aromatic rings. The molecule has 0 radical (unpaired) electrons. The Morgan fingerprint density at radius 1 is 1.12 bits per heavy atom. The van der Waals surface area contributed by atoms with Crippen molar-refractivity contribution in [3.63, 3.8) is 0 Å². The molecule has 0 amide bonds. The van der Waals surface area contributed by atoms with Crippen LogP contribution in [0.15, 0.2) is 47.2 Å². The monoisotopic (exact) mass is 290 g/mol. The predicted molar refractivity (Wildman–Crippen MR) is 73.7 cm³/mol. The molecule has 1 N–H and O–H groups in total. The predicted octanol–water partition coefficient (Wildman–Crippen LogP) is 3.44. The fourth-order valence-corrected chi connectivity index (χ4v) is 2.14. The maximum absolute atomic E-state index is 4.14. The van der Waals surface area contributed by atoms with Crippen LogP contribution < -0.4 is 5.32 Å². The van der Waals surface area contributed by atoms with E-state index in [4.69, 9.17) is 0 Å². The van der Waals surface area contributed by atoms with Crippen molar-refractivity contribution in [1.29, 1.82) is 0 Å². The van der Waals surface area contributed by atoms with Crippen molar-refractivity contribution in [1.82, 2.24) is 10.3 Å². The fourth-order valence-electron chi connectivity index (χ4n) is 1.73. The number of halogens is 1. The van der Waals surface area contributed by atoms with Gasteiger partial charge in [-0.25, -0.2) is 0 Å². The molecule has 3 heteroatoms. The zero-order chi connectivity index (χ0) is 12.1. The van der Waals surface area contributed by atoms with Crippen molar-refractivity contribution >= 4 is 15.9 Å². The van der Waals surface area contributed by atoms with Crippen LogP contribution in [0.4, 0.5) is 0 Å². The molecule has 1 aromatic heterocycles. The zero-order valence-corrected chi connectivity index (χ0v) is 11.4. The van der Waals surface area contributed by atoms with Gasteiger partial charge in [0.1, 0.15) is 0 Å². The minimum absolute atomic E-state index is 0.834. The number of benzene rings is 1. The first kappa shape index (κ1) is 12.3. The standard InChI is InChI=1S/C14H15BrN2/c1-11-3-2-4-12(5-11)7-16-8-13-6-14(15)10-17-9-13/h2-6,9-10,16H,7-8H2,1H3. The van der Waals surface area contributed by atoms with Crippen LogP contribution >= 0.6 is 15.9 Å². The second kappa shape index (κ2) is 5.94. The van der Waals surface area contributed by atoms with E-state index in [0.29, 0.717) is 0 Å². The molecule has 0 aliphatic heterocycles. The van der Waals surface area contributed by atoms with Gasteiger partial charge >= 0.3 is 0 Å². The third-order valence-corrected chi connectivity index (χ3v) is 2.94. The first-order valence-electron chi connectivity index (χ1n) is 5.60. The van der Waals surface area contributed by atoms with E-state index in [-0.39, 0.29) is 0 Å². The van der Waals surface area contributed by atoms with Gasteiger partial charge in [-0.15, -0.1) is 0 Å². The molecule has 0 spiro atoms. The van der Waals surface area contributed by atoms with Gasteiger partial charge in [0.25, 0.3) is 0 Å². The first-order chi connectivity index (χ1) is 8.24. The number of nitrogens with one attached hydrogen (secondary N) is 1. The van der Waals surface area contributed by atoms with E-state index >= 15 is 0 Å². The summed E-state index contributed by atoms with van der Waals surface area (Å²) >= 11 is 3.42. The van der Waals surface area contributed by atoms with Crippen molar-refractivity contribution in [3.8, 4) is 0 Å². The Hall–Kier alpha value is -1.19. The Morgan fingerprint density at radius 2 is 1.94 bits per heavy atom. The Bertz CT molecular complexity index is 452. The van der Waals surface area contributed by atoms with Gasteiger partial charge in [-0.2, -0.15) is 0 Å². The van der Waals surface area contributed by atoms with Crippen LogP contribution in [0.5, 0.6) is 0 Å². The normalized spacial score (nSPS) is 10.5. The average molecular weight is 291 g/mol. The second-order valence-electron chi connectivity index (χ2n) is 4.10. The molecule has 1 heterocycles. The van der Waals surface area contributed by atoms with Crippen molar-refractivity contribution in [2.24, 2.45) is 0 Å². The molecular weight excluding hydrogens is 276 g/mol. The minimum atomic E-state index is 0.834. The smallest absolute Gasteiger partial charge is 0.0410 e. The van der Waals surface area contributed by atoms with Crippen LogP contribution in [0.25, 0.3) is 0 Å². The number of nitrogens with zero attached hydrogens (tertiary/aromatic N) is 1. The minimum Gasteiger partial charge on any atom is -0.309 e. The van der Waals surface area contributed by atoms with Gasteiger partial charge in [0, 0.05) is 30.0 Å². The highest BCUT2D eigenvalue weighted by Gasteiger charge is 1.96. The Labute approximate surface area is 110 Å². The number of hydrogen-bond acceptors (Lipinski definition) is 2. The van der Waals surface area contributed by atoms with E-state index < -0.39 is 0 Å². The van der Waals surface area contributed by atoms with Crippen molar-refractivity contribution < 1.29 is 0 Å². The fraction of sp³-hybridized carbons (Fsp3) is 0.214. The van der Waals surface area contributed by atoms with Crippen molar-refractivity contribution in [2.45, 2.75) is 20.0 Å². The van der Waals surface area contributed by atoms with Gasteiger partial charge in [0.2, 0.25) is 0 Å². The Morgan fingerprint density at radius 3 is 2.71 bits per heavy atom. The summed E-state index contributed by atoms with van der Waals surface area (Å²) in [6, 6.07) is 10.6. The summed E-state index contributed by atoms with van der Waals surface area (Å²) in [5.41, 5.74) is 3.80. The summed E-state index contributed by atoms with van der Waals surface area (Å²) in [4.78, 5) is 4.14. The lowest BCUT2D eigenvalue weighted by molar-refractivity contribution is 0.691. The molecule has 0 aliphatic carbocycles. The first-order valence-corrected chi connectivity index (χ1v) is 6.39. The average Bonchev–Trinajstić information content (AvgIpc) is 2.29. The number of aromatic nitrogens is 1. The molecular formula is C14H15BrN2. The van der Waals surface area contributed by atoms with Crippen molar-refractivity contribution in [3.05, 3.63) is 63.9 Å². The molecule has 17 heavy (non-hydrogen) atoms. The van der Waals surface area contributed by atoms with Gasteiger partial charge in [-0.05, 0) is 40.0 Å². The van der Waals surface area contributed by atoms with E-state index in [1.54, 1.807) is 6.20 Å². The lowest BCUT2D eigenvalue weighted by Crippen LogP contribution is -2.12. The third kappa shape index (κ3) is 3.95. The van der Waals surface area contributed by atoms with Gasteiger partial charge in [-0.3, -0.25) is 4.98 Å². The Balaban J connectivity index is 1.87. The maximum Gasteiger partial charge on any atom is 0.0410 e. The van der Waals surface area contributed by atoms with Gasteiger partial charge < -0.3 is 5.32 Å². The second-order valence-corrected chi connectivity index (χ2v) is 5.02. The summed E-state index contributed by atoms with van der Waals surface area (Å²) in [5, 5.41) is 3.41. The van der Waals surface area contributed by atoms with Gasteiger partial charge in [0.05, 0.1) is 0 Å². The zero-order valence-electron chi connectivity index (χ0n) is 9.78.